The van der Waals surface area contributed by atoms with Gasteiger partial charge in [0.2, 0.25) is 0 Å². The van der Waals surface area contributed by atoms with Gasteiger partial charge in [-0.15, -0.1) is 11.3 Å². The molecule has 1 heterocycles. The molecule has 0 fully saturated rings. The van der Waals surface area contributed by atoms with E-state index in [9.17, 15) is 5.11 Å². The number of hydrogen-bond acceptors (Lipinski definition) is 3. The third-order valence-electron chi connectivity index (χ3n) is 2.82. The molecule has 1 unspecified atom stereocenters. The topological polar surface area (TPSA) is 33.1 Å². The van der Waals surface area contributed by atoms with Gasteiger partial charge in [-0.1, -0.05) is 20.8 Å². The van der Waals surface area contributed by atoms with Crippen LogP contribution in [0.1, 0.15) is 25.6 Å². The van der Waals surface area contributed by atoms with Gasteiger partial charge in [-0.2, -0.15) is 0 Å². The number of thiazole rings is 1. The first-order valence-corrected chi connectivity index (χ1v) is 5.44. The van der Waals surface area contributed by atoms with Crippen LogP contribution in [0.3, 0.4) is 0 Å². The summed E-state index contributed by atoms with van der Waals surface area (Å²) >= 11 is 1.66. The summed E-state index contributed by atoms with van der Waals surface area (Å²) in [5.74, 6) is 0.486. The first-order valence-electron chi connectivity index (χ1n) is 4.57. The smallest absolute Gasteiger partial charge is 0.0794 e. The van der Waals surface area contributed by atoms with Gasteiger partial charge in [0.15, 0.2) is 0 Å². The summed E-state index contributed by atoms with van der Waals surface area (Å²) in [7, 11) is 0. The number of nitrogens with zero attached hydrogens (tertiary/aromatic N) is 1. The summed E-state index contributed by atoms with van der Waals surface area (Å²) in [6, 6.07) is 0. The maximum Gasteiger partial charge on any atom is 0.0794 e. The summed E-state index contributed by atoms with van der Waals surface area (Å²) in [4.78, 5) is 5.29. The molecule has 0 spiro atoms. The van der Waals surface area contributed by atoms with Gasteiger partial charge in [-0.05, 0) is 17.8 Å². The molecule has 0 saturated heterocycles. The highest BCUT2D eigenvalue weighted by molar-refractivity contribution is 7.09. The second kappa shape index (κ2) is 4.20. The van der Waals surface area contributed by atoms with Crippen molar-refractivity contribution in [2.24, 2.45) is 11.3 Å². The molecule has 1 atom stereocenters. The Morgan fingerprint density at radius 3 is 2.69 bits per heavy atom. The van der Waals surface area contributed by atoms with Gasteiger partial charge in [-0.25, -0.2) is 0 Å². The molecule has 0 aliphatic carbocycles. The van der Waals surface area contributed by atoms with E-state index in [-0.39, 0.29) is 12.0 Å². The van der Waals surface area contributed by atoms with Crippen LogP contribution in [-0.2, 0) is 6.42 Å². The van der Waals surface area contributed by atoms with Crippen LogP contribution >= 0.6 is 11.3 Å². The van der Waals surface area contributed by atoms with Crippen LogP contribution in [0.4, 0.5) is 0 Å². The van der Waals surface area contributed by atoms with Crippen molar-refractivity contribution in [1.29, 1.82) is 0 Å². The first kappa shape index (κ1) is 10.7. The number of aliphatic hydroxyl groups is 1. The Morgan fingerprint density at radius 1 is 1.62 bits per heavy atom. The highest BCUT2D eigenvalue weighted by Crippen LogP contribution is 2.31. The Hall–Kier alpha value is -0.410. The molecule has 74 valence electrons. The molecule has 1 N–H and O–H groups in total. The molecule has 3 heteroatoms. The molecule has 0 amide bonds. The predicted octanol–water partition coefficient (Wildman–Crippen LogP) is 2.34. The molecule has 0 aromatic carbocycles. The van der Waals surface area contributed by atoms with Crippen molar-refractivity contribution >= 4 is 11.3 Å². The second-order valence-corrected chi connectivity index (χ2v) is 5.08. The molecule has 1 rings (SSSR count). The lowest BCUT2D eigenvalue weighted by Gasteiger charge is -2.31. The van der Waals surface area contributed by atoms with Crippen molar-refractivity contribution in [3.63, 3.8) is 0 Å². The van der Waals surface area contributed by atoms with Gasteiger partial charge in [0.05, 0.1) is 5.51 Å². The highest BCUT2D eigenvalue weighted by atomic mass is 32.1. The maximum absolute atomic E-state index is 9.34. The Kier molecular flexibility index (Phi) is 3.45. The largest absolute Gasteiger partial charge is 0.396 e. The minimum atomic E-state index is -0.00741. The van der Waals surface area contributed by atoms with Gasteiger partial charge >= 0.3 is 0 Å². The van der Waals surface area contributed by atoms with Crippen LogP contribution in [0.2, 0.25) is 0 Å². The van der Waals surface area contributed by atoms with E-state index in [1.807, 2.05) is 11.7 Å². The van der Waals surface area contributed by atoms with Crippen molar-refractivity contribution in [2.75, 3.05) is 6.61 Å². The molecule has 0 aliphatic rings. The van der Waals surface area contributed by atoms with Crippen LogP contribution in [0.5, 0.6) is 0 Å². The van der Waals surface area contributed by atoms with E-state index in [1.54, 1.807) is 11.3 Å². The van der Waals surface area contributed by atoms with Crippen LogP contribution in [0.15, 0.2) is 11.7 Å². The van der Waals surface area contributed by atoms with Crippen LogP contribution in [0.25, 0.3) is 0 Å². The zero-order valence-corrected chi connectivity index (χ0v) is 9.27. The van der Waals surface area contributed by atoms with Crippen LogP contribution in [0, 0.1) is 11.3 Å². The molecule has 0 aliphatic heterocycles. The van der Waals surface area contributed by atoms with E-state index in [1.165, 1.54) is 4.88 Å². The fourth-order valence-electron chi connectivity index (χ4n) is 1.17. The van der Waals surface area contributed by atoms with E-state index in [2.05, 4.69) is 25.8 Å². The lowest BCUT2D eigenvalue weighted by atomic mass is 9.77. The Labute approximate surface area is 83.6 Å². The minimum Gasteiger partial charge on any atom is -0.396 e. The first-order chi connectivity index (χ1) is 6.08. The van der Waals surface area contributed by atoms with Gasteiger partial charge < -0.3 is 5.11 Å². The highest BCUT2D eigenvalue weighted by Gasteiger charge is 2.28. The average Bonchev–Trinajstić information content (AvgIpc) is 2.56. The molecule has 1 aromatic heterocycles. The molecule has 13 heavy (non-hydrogen) atoms. The van der Waals surface area contributed by atoms with E-state index >= 15 is 0 Å². The van der Waals surface area contributed by atoms with E-state index in [4.69, 9.17) is 0 Å². The summed E-state index contributed by atoms with van der Waals surface area (Å²) in [6.45, 7) is 6.66. The minimum absolute atomic E-state index is 0.00741. The third kappa shape index (κ3) is 2.51. The molecular formula is C10H17NOS. The van der Waals surface area contributed by atoms with Gasteiger partial charge in [0, 0.05) is 17.7 Å². The zero-order valence-electron chi connectivity index (χ0n) is 8.45. The van der Waals surface area contributed by atoms with Crippen LogP contribution < -0.4 is 0 Å². The Morgan fingerprint density at radius 2 is 2.31 bits per heavy atom. The number of hydrogen-bond donors (Lipinski definition) is 1. The molecule has 0 bridgehead atoms. The van der Waals surface area contributed by atoms with E-state index in [0.717, 1.165) is 6.42 Å². The molecule has 1 aromatic rings. The van der Waals surface area contributed by atoms with Crippen LogP contribution in [-0.4, -0.2) is 16.7 Å². The fraction of sp³-hybridized carbons (Fsp3) is 0.700. The fourth-order valence-corrected chi connectivity index (χ4v) is 1.96. The molecule has 0 saturated carbocycles. The SMILES string of the molecule is CC(C)C(C)(CO)Cc1cncs1. The van der Waals surface area contributed by atoms with E-state index < -0.39 is 0 Å². The Balaban J connectivity index is 2.69. The Bertz CT molecular complexity index is 245. The summed E-state index contributed by atoms with van der Waals surface area (Å²) in [5.41, 5.74) is 1.83. The van der Waals surface area contributed by atoms with Crippen molar-refractivity contribution in [2.45, 2.75) is 27.2 Å². The van der Waals surface area contributed by atoms with Crippen molar-refractivity contribution in [3.8, 4) is 0 Å². The predicted molar refractivity (Wildman–Crippen MR) is 55.8 cm³/mol. The number of aromatic nitrogens is 1. The summed E-state index contributed by atoms with van der Waals surface area (Å²) in [5, 5.41) is 9.34. The monoisotopic (exact) mass is 199 g/mol. The van der Waals surface area contributed by atoms with Crippen molar-refractivity contribution in [1.82, 2.24) is 4.98 Å². The van der Waals surface area contributed by atoms with Crippen molar-refractivity contribution in [3.05, 3.63) is 16.6 Å². The quantitative estimate of drug-likeness (QED) is 0.807. The van der Waals surface area contributed by atoms with Gasteiger partial charge in [0.1, 0.15) is 0 Å². The maximum atomic E-state index is 9.34. The van der Waals surface area contributed by atoms with Gasteiger partial charge in [-0.3, -0.25) is 4.98 Å². The third-order valence-corrected chi connectivity index (χ3v) is 3.60. The second-order valence-electron chi connectivity index (χ2n) is 4.11. The summed E-state index contributed by atoms with van der Waals surface area (Å²) < 4.78 is 0. The van der Waals surface area contributed by atoms with Gasteiger partial charge in [0.25, 0.3) is 0 Å². The van der Waals surface area contributed by atoms with Crippen molar-refractivity contribution < 1.29 is 5.11 Å². The molecule has 0 radical (unpaired) electrons. The average molecular weight is 199 g/mol. The summed E-state index contributed by atoms with van der Waals surface area (Å²) in [6.07, 6.45) is 2.81. The zero-order chi connectivity index (χ0) is 9.90. The standard InChI is InChI=1S/C10H17NOS/c1-8(2)10(3,6-12)4-9-5-11-7-13-9/h5,7-8,12H,4,6H2,1-3H3. The normalized spacial score (nSPS) is 16.1. The van der Waals surface area contributed by atoms with E-state index in [0.29, 0.717) is 5.92 Å². The number of rotatable bonds is 4. The lowest BCUT2D eigenvalue weighted by Crippen LogP contribution is -2.30. The lowest BCUT2D eigenvalue weighted by molar-refractivity contribution is 0.0955. The molecule has 2 nitrogen and oxygen atoms in total. The number of aliphatic hydroxyl groups excluding tert-OH is 1. The molecular weight excluding hydrogens is 182 g/mol.